The highest BCUT2D eigenvalue weighted by molar-refractivity contribution is 6.23. The number of methoxy groups -OCH3 is 1. The number of piperidine rings is 2. The summed E-state index contributed by atoms with van der Waals surface area (Å²) in [6, 6.07) is 25.6. The van der Waals surface area contributed by atoms with Gasteiger partial charge in [-0.3, -0.25) is 43.6 Å². The SMILES string of the molecule is C=C1CCC(N2C(=O)c3ccc(N4CCN(CC5CCN(c6ccc(C(=O)NCc7cc8nccc(Oc9ccc(NC(=O)C%10(C(=O)Nc%11ccc(F)cc%11)CC%10)cc9)c8cc7OC)nn6)CC5)CC4)cc3C2=O)C(=O)N1. The molecule has 20 heteroatoms. The van der Waals surface area contributed by atoms with Crippen LogP contribution >= 0.6 is 0 Å². The van der Waals surface area contributed by atoms with E-state index in [0.29, 0.717) is 93.5 Å². The lowest BCUT2D eigenvalue weighted by molar-refractivity contribution is -0.131. The van der Waals surface area contributed by atoms with Gasteiger partial charge in [-0.05, 0) is 142 Å². The fraction of sp³-hybridized carbons (Fsp3) is 0.316. The topological polar surface area (TPSA) is 221 Å². The number of amides is 6. The van der Waals surface area contributed by atoms with Crippen LogP contribution in [0.5, 0.6) is 17.2 Å². The Kier molecular flexibility index (Phi) is 13.8. The molecule has 4 N–H and O–H groups in total. The number of carbonyl (C=O) groups is 6. The molecular formula is C57H56FN11O8. The van der Waals surface area contributed by atoms with Gasteiger partial charge >= 0.3 is 0 Å². The van der Waals surface area contributed by atoms with Crippen molar-refractivity contribution < 1.29 is 42.6 Å². The Morgan fingerprint density at radius 2 is 1.47 bits per heavy atom. The summed E-state index contributed by atoms with van der Waals surface area (Å²) in [5, 5.41) is 20.6. The Morgan fingerprint density at radius 3 is 2.13 bits per heavy atom. The molecule has 5 aliphatic rings. The van der Waals surface area contributed by atoms with Crippen LogP contribution in [0.2, 0.25) is 0 Å². The molecule has 394 valence electrons. The predicted molar refractivity (Wildman–Crippen MR) is 284 cm³/mol. The van der Waals surface area contributed by atoms with Gasteiger partial charge in [0.05, 0.1) is 23.8 Å². The van der Waals surface area contributed by atoms with Gasteiger partial charge in [0.25, 0.3) is 17.7 Å². The third-order valence-electron chi connectivity index (χ3n) is 15.2. The minimum atomic E-state index is -1.20. The quantitative estimate of drug-likeness (QED) is 0.0623. The molecule has 1 atom stereocenters. The van der Waals surface area contributed by atoms with E-state index in [-0.39, 0.29) is 24.1 Å². The molecule has 4 aliphatic heterocycles. The second-order valence-electron chi connectivity index (χ2n) is 20.1. The zero-order valence-electron chi connectivity index (χ0n) is 42.4. The summed E-state index contributed by atoms with van der Waals surface area (Å²) in [5.74, 6) is -0.163. The van der Waals surface area contributed by atoms with Crippen LogP contribution < -0.4 is 40.5 Å². The maximum absolute atomic E-state index is 13.5. The second-order valence-corrected chi connectivity index (χ2v) is 20.1. The lowest BCUT2D eigenvalue weighted by atomic mass is 9.96. The fourth-order valence-corrected chi connectivity index (χ4v) is 10.6. The molecule has 0 radical (unpaired) electrons. The third-order valence-corrected chi connectivity index (χ3v) is 15.2. The van der Waals surface area contributed by atoms with Gasteiger partial charge in [-0.15, -0.1) is 10.2 Å². The van der Waals surface area contributed by atoms with Crippen LogP contribution in [0.3, 0.4) is 0 Å². The van der Waals surface area contributed by atoms with Crippen molar-refractivity contribution in [3.8, 4) is 17.2 Å². The molecular weight excluding hydrogens is 986 g/mol. The van der Waals surface area contributed by atoms with Crippen LogP contribution in [0.1, 0.15) is 75.3 Å². The molecule has 1 aliphatic carbocycles. The Morgan fingerprint density at radius 1 is 0.766 bits per heavy atom. The minimum absolute atomic E-state index is 0.134. The number of hydrogen-bond acceptors (Lipinski definition) is 14. The summed E-state index contributed by atoms with van der Waals surface area (Å²) >= 11 is 0. The molecule has 1 unspecified atom stereocenters. The molecule has 4 aromatic carbocycles. The average molecular weight is 1040 g/mol. The zero-order valence-corrected chi connectivity index (χ0v) is 42.4. The van der Waals surface area contributed by atoms with Crippen LogP contribution in [0.4, 0.5) is 27.3 Å². The number of allylic oxidation sites excluding steroid dienone is 1. The number of carbonyl (C=O) groups excluding carboxylic acids is 6. The molecule has 0 bridgehead atoms. The van der Waals surface area contributed by atoms with E-state index in [2.05, 4.69) is 57.7 Å². The van der Waals surface area contributed by atoms with Crippen LogP contribution in [-0.4, -0.2) is 119 Å². The number of pyridine rings is 1. The maximum Gasteiger partial charge on any atom is 0.272 e. The third kappa shape index (κ3) is 10.5. The summed E-state index contributed by atoms with van der Waals surface area (Å²) in [5.41, 5.74) is 3.34. The first-order chi connectivity index (χ1) is 37.3. The molecule has 11 rings (SSSR count). The van der Waals surface area contributed by atoms with Crippen LogP contribution in [0, 0.1) is 17.2 Å². The van der Waals surface area contributed by atoms with Gasteiger partial charge in [0.15, 0.2) is 11.5 Å². The molecule has 6 aromatic rings. The van der Waals surface area contributed by atoms with E-state index in [9.17, 15) is 33.2 Å². The van der Waals surface area contributed by atoms with Gasteiger partial charge in [0, 0.05) is 92.3 Å². The highest BCUT2D eigenvalue weighted by atomic mass is 19.1. The van der Waals surface area contributed by atoms with Crippen molar-refractivity contribution in [2.45, 2.75) is 51.1 Å². The standard InChI is InChI=1S/C57H56FN11O8/c1-34-3-15-47(52(71)61-34)69-53(72)42-13-10-40(30-43(42)54(69)73)67-27-25-66(26-28-67)33-35-18-23-68(24-19-35)50-16-14-45(64-65-50)51(70)60-32-36-29-46-44(31-49(36)76-2)48(17-22-59-46)77-41-11-8-39(9-12-41)63-56(75)57(20-21-57)55(74)62-38-6-4-37(58)5-7-38/h4-14,16-17,22,29-31,35,47H,1,3,15,18-21,23-28,32-33H2,2H3,(H,60,70)(H,61,71)(H,62,74)(H,63,75). The molecule has 4 fully saturated rings. The number of nitrogens with one attached hydrogen (secondary N) is 4. The smallest absolute Gasteiger partial charge is 0.272 e. The van der Waals surface area contributed by atoms with Gasteiger partial charge in [-0.2, -0.15) is 0 Å². The number of ether oxygens (including phenoxy) is 2. The number of hydrogen-bond donors (Lipinski definition) is 4. The van der Waals surface area contributed by atoms with Gasteiger partial charge in [0.1, 0.15) is 34.5 Å². The van der Waals surface area contributed by atoms with Crippen molar-refractivity contribution in [2.75, 3.05) is 73.4 Å². The van der Waals surface area contributed by atoms with E-state index in [4.69, 9.17) is 9.47 Å². The lowest BCUT2D eigenvalue weighted by Crippen LogP contribution is -2.51. The normalized spacial score (nSPS) is 18.4. The lowest BCUT2D eigenvalue weighted by Gasteiger charge is -2.39. The Bertz CT molecular complexity index is 3320. The number of fused-ring (bicyclic) bond motifs is 2. The number of imide groups is 1. The zero-order chi connectivity index (χ0) is 53.4. The Balaban J connectivity index is 0.630. The highest BCUT2D eigenvalue weighted by Crippen LogP contribution is 2.48. The highest BCUT2D eigenvalue weighted by Gasteiger charge is 2.56. The fourth-order valence-electron chi connectivity index (χ4n) is 10.6. The number of nitrogens with zero attached hydrogens (tertiary/aromatic N) is 7. The predicted octanol–water partition coefficient (Wildman–Crippen LogP) is 6.68. The Hall–Kier alpha value is -8.78. The second kappa shape index (κ2) is 21.1. The maximum atomic E-state index is 13.5. The van der Waals surface area contributed by atoms with Gasteiger partial charge < -0.3 is 40.5 Å². The van der Waals surface area contributed by atoms with Gasteiger partial charge in [-0.1, -0.05) is 6.58 Å². The molecule has 3 saturated heterocycles. The summed E-state index contributed by atoms with van der Waals surface area (Å²) < 4.78 is 25.3. The van der Waals surface area contributed by atoms with Crippen molar-refractivity contribution in [2.24, 2.45) is 11.3 Å². The van der Waals surface area contributed by atoms with Crippen molar-refractivity contribution in [3.63, 3.8) is 0 Å². The van der Waals surface area contributed by atoms with E-state index >= 15 is 0 Å². The molecule has 1 saturated carbocycles. The number of rotatable bonds is 15. The van der Waals surface area contributed by atoms with E-state index < -0.39 is 40.9 Å². The Labute approximate surface area is 442 Å². The molecule has 0 spiro atoms. The van der Waals surface area contributed by atoms with Crippen LogP contribution in [0.15, 0.2) is 116 Å². The molecule has 77 heavy (non-hydrogen) atoms. The summed E-state index contributed by atoms with van der Waals surface area (Å²) in [4.78, 5) is 91.5. The number of anilines is 4. The molecule has 2 aromatic heterocycles. The first kappa shape index (κ1) is 50.4. The molecule has 6 amide bonds. The summed E-state index contributed by atoms with van der Waals surface area (Å²) in [6.07, 6.45) is 5.29. The number of halogens is 1. The number of benzene rings is 4. The average Bonchev–Trinajstić information content (AvgIpc) is 4.32. The van der Waals surface area contributed by atoms with E-state index in [0.717, 1.165) is 75.1 Å². The van der Waals surface area contributed by atoms with E-state index in [1.807, 2.05) is 18.2 Å². The van der Waals surface area contributed by atoms with Crippen molar-refractivity contribution in [3.05, 3.63) is 144 Å². The van der Waals surface area contributed by atoms with Crippen molar-refractivity contribution in [1.82, 2.24) is 35.6 Å². The van der Waals surface area contributed by atoms with Gasteiger partial charge in [-0.25, -0.2) is 4.39 Å². The van der Waals surface area contributed by atoms with Crippen molar-refractivity contribution in [1.29, 1.82) is 0 Å². The first-order valence-electron chi connectivity index (χ1n) is 25.8. The minimum Gasteiger partial charge on any atom is -0.496 e. The largest absolute Gasteiger partial charge is 0.496 e. The first-order valence-corrected chi connectivity index (χ1v) is 25.8. The van der Waals surface area contributed by atoms with E-state index in [1.54, 1.807) is 67.9 Å². The summed E-state index contributed by atoms with van der Waals surface area (Å²) in [7, 11) is 1.55. The van der Waals surface area contributed by atoms with Crippen LogP contribution in [-0.2, 0) is 20.9 Å². The molecule has 6 heterocycles. The van der Waals surface area contributed by atoms with Gasteiger partial charge in [0.2, 0.25) is 17.7 Å². The number of piperazine rings is 1. The number of aromatic nitrogens is 3. The van der Waals surface area contributed by atoms with Crippen molar-refractivity contribution >= 4 is 69.2 Å². The van der Waals surface area contributed by atoms with E-state index in [1.165, 1.54) is 24.3 Å². The molecule has 19 nitrogen and oxygen atoms in total. The monoisotopic (exact) mass is 1040 g/mol. The summed E-state index contributed by atoms with van der Waals surface area (Å²) in [6.45, 7) is 9.88. The van der Waals surface area contributed by atoms with Crippen LogP contribution in [0.25, 0.3) is 10.9 Å².